The van der Waals surface area contributed by atoms with Gasteiger partial charge in [0.05, 0.1) is 12.7 Å². The van der Waals surface area contributed by atoms with Gasteiger partial charge in [0, 0.05) is 13.6 Å². The maximum Gasteiger partial charge on any atom is 0.266 e. The fourth-order valence-corrected chi connectivity index (χ4v) is 1.44. The molecule has 0 amide bonds. The van der Waals surface area contributed by atoms with Gasteiger partial charge in [-0.1, -0.05) is 0 Å². The minimum Gasteiger partial charge on any atom is -0.507 e. The van der Waals surface area contributed by atoms with Crippen molar-refractivity contribution in [1.29, 1.82) is 0 Å². The zero-order chi connectivity index (χ0) is 13.1. The van der Waals surface area contributed by atoms with Crippen molar-refractivity contribution in [3.63, 3.8) is 0 Å². The van der Waals surface area contributed by atoms with Crippen molar-refractivity contribution in [2.24, 2.45) is 0 Å². The Kier molecular flexibility index (Phi) is 3.36. The summed E-state index contributed by atoms with van der Waals surface area (Å²) in [5.74, 6) is 1.44. The zero-order valence-electron chi connectivity index (χ0n) is 10.5. The lowest BCUT2D eigenvalue weighted by molar-refractivity contribution is 0.408. The average Bonchev–Trinajstić information content (AvgIpc) is 2.88. The van der Waals surface area contributed by atoms with Crippen LogP contribution in [0.25, 0.3) is 11.5 Å². The van der Waals surface area contributed by atoms with Gasteiger partial charge in [0.2, 0.25) is 0 Å². The summed E-state index contributed by atoms with van der Waals surface area (Å²) >= 11 is 0. The van der Waals surface area contributed by atoms with Crippen LogP contribution in [0.2, 0.25) is 0 Å². The third-order valence-electron chi connectivity index (χ3n) is 2.67. The lowest BCUT2D eigenvalue weighted by Gasteiger charge is -2.08. The SMILES string of the molecule is CCN(C)c1noc(-c2cc(OC)ccc2O)n1. The van der Waals surface area contributed by atoms with Crippen LogP contribution in [0.3, 0.4) is 0 Å². The Morgan fingerprint density at radius 3 is 2.89 bits per heavy atom. The molecule has 0 saturated carbocycles. The fraction of sp³-hybridized carbons (Fsp3) is 0.333. The molecule has 1 aromatic heterocycles. The highest BCUT2D eigenvalue weighted by Crippen LogP contribution is 2.32. The predicted octanol–water partition coefficient (Wildman–Crippen LogP) is 1.91. The highest BCUT2D eigenvalue weighted by Gasteiger charge is 2.15. The maximum atomic E-state index is 9.79. The van der Waals surface area contributed by atoms with Crippen LogP contribution in [-0.2, 0) is 0 Å². The number of ether oxygens (including phenoxy) is 1. The van der Waals surface area contributed by atoms with Crippen molar-refractivity contribution >= 4 is 5.95 Å². The Morgan fingerprint density at radius 2 is 2.22 bits per heavy atom. The third kappa shape index (κ3) is 2.22. The van der Waals surface area contributed by atoms with Crippen LogP contribution in [0.15, 0.2) is 22.7 Å². The average molecular weight is 249 g/mol. The van der Waals surface area contributed by atoms with Gasteiger partial charge in [-0.3, -0.25) is 0 Å². The molecule has 0 aliphatic carbocycles. The molecule has 2 rings (SSSR count). The number of aromatic nitrogens is 2. The molecule has 1 N–H and O–H groups in total. The highest BCUT2D eigenvalue weighted by molar-refractivity contribution is 5.65. The molecular formula is C12H15N3O3. The quantitative estimate of drug-likeness (QED) is 0.892. The van der Waals surface area contributed by atoms with Crippen LogP contribution in [-0.4, -0.2) is 35.9 Å². The minimum atomic E-state index is 0.0742. The molecule has 0 radical (unpaired) electrons. The van der Waals surface area contributed by atoms with Gasteiger partial charge in [-0.05, 0) is 30.3 Å². The first-order valence-electron chi connectivity index (χ1n) is 5.58. The van der Waals surface area contributed by atoms with Gasteiger partial charge in [-0.15, -0.1) is 0 Å². The fourth-order valence-electron chi connectivity index (χ4n) is 1.44. The van der Waals surface area contributed by atoms with Crippen LogP contribution in [0, 0.1) is 0 Å². The van der Waals surface area contributed by atoms with Crippen molar-refractivity contribution < 1.29 is 14.4 Å². The van der Waals surface area contributed by atoms with E-state index in [0.717, 1.165) is 6.54 Å². The van der Waals surface area contributed by atoms with Crippen molar-refractivity contribution in [2.45, 2.75) is 6.92 Å². The van der Waals surface area contributed by atoms with Gasteiger partial charge in [-0.25, -0.2) is 0 Å². The topological polar surface area (TPSA) is 71.6 Å². The lowest BCUT2D eigenvalue weighted by atomic mass is 10.2. The van der Waals surface area contributed by atoms with Crippen LogP contribution >= 0.6 is 0 Å². The van der Waals surface area contributed by atoms with E-state index in [1.165, 1.54) is 6.07 Å². The number of phenolic OH excluding ortho intramolecular Hbond substituents is 1. The number of methoxy groups -OCH3 is 1. The molecule has 0 unspecified atom stereocenters. The summed E-state index contributed by atoms with van der Waals surface area (Å²) < 4.78 is 10.2. The number of hydrogen-bond donors (Lipinski definition) is 1. The largest absolute Gasteiger partial charge is 0.507 e. The molecule has 6 heteroatoms. The molecule has 0 aliphatic rings. The van der Waals surface area contributed by atoms with E-state index in [0.29, 0.717) is 17.3 Å². The van der Waals surface area contributed by atoms with E-state index in [4.69, 9.17) is 9.26 Å². The smallest absolute Gasteiger partial charge is 0.266 e. The standard InChI is InChI=1S/C12H15N3O3/c1-4-15(2)12-13-11(18-14-12)9-7-8(17-3)5-6-10(9)16/h5-7,16H,4H2,1-3H3. The first-order valence-corrected chi connectivity index (χ1v) is 5.58. The number of anilines is 1. The van der Waals surface area contributed by atoms with Gasteiger partial charge < -0.3 is 19.3 Å². The summed E-state index contributed by atoms with van der Waals surface area (Å²) in [6.07, 6.45) is 0. The molecule has 1 heterocycles. The van der Waals surface area contributed by atoms with Gasteiger partial charge >= 0.3 is 0 Å². The van der Waals surface area contributed by atoms with E-state index >= 15 is 0 Å². The summed E-state index contributed by atoms with van der Waals surface area (Å²) in [5.41, 5.74) is 0.456. The first kappa shape index (κ1) is 12.2. The third-order valence-corrected chi connectivity index (χ3v) is 2.67. The van der Waals surface area contributed by atoms with E-state index < -0.39 is 0 Å². The number of rotatable bonds is 4. The van der Waals surface area contributed by atoms with E-state index in [9.17, 15) is 5.11 Å². The maximum absolute atomic E-state index is 9.79. The van der Waals surface area contributed by atoms with Crippen molar-refractivity contribution in [3.8, 4) is 23.0 Å². The summed E-state index contributed by atoms with van der Waals surface area (Å²) in [5, 5.41) is 13.6. The van der Waals surface area contributed by atoms with Gasteiger partial charge in [0.25, 0.3) is 11.8 Å². The first-order chi connectivity index (χ1) is 8.65. The number of aromatic hydroxyl groups is 1. The molecule has 0 fully saturated rings. The molecule has 18 heavy (non-hydrogen) atoms. The molecule has 96 valence electrons. The Labute approximate surface area is 105 Å². The van der Waals surface area contributed by atoms with E-state index in [2.05, 4.69) is 10.1 Å². The van der Waals surface area contributed by atoms with E-state index in [1.807, 2.05) is 18.9 Å². The van der Waals surface area contributed by atoms with E-state index in [-0.39, 0.29) is 11.6 Å². The molecule has 2 aromatic rings. The normalized spacial score (nSPS) is 10.4. The zero-order valence-corrected chi connectivity index (χ0v) is 10.5. The van der Waals surface area contributed by atoms with Gasteiger partial charge in [-0.2, -0.15) is 4.98 Å². The van der Waals surface area contributed by atoms with Crippen LogP contribution in [0.5, 0.6) is 11.5 Å². The number of nitrogens with zero attached hydrogens (tertiary/aromatic N) is 3. The lowest BCUT2D eigenvalue weighted by Crippen LogP contribution is -2.16. The Bertz CT molecular complexity index is 539. The second-order valence-electron chi connectivity index (χ2n) is 3.80. The van der Waals surface area contributed by atoms with Crippen molar-refractivity contribution in [3.05, 3.63) is 18.2 Å². The molecule has 0 atom stereocenters. The summed E-state index contributed by atoms with van der Waals surface area (Å²) in [6.45, 7) is 2.75. The number of hydrogen-bond acceptors (Lipinski definition) is 6. The van der Waals surface area contributed by atoms with E-state index in [1.54, 1.807) is 19.2 Å². The highest BCUT2D eigenvalue weighted by atomic mass is 16.5. The molecule has 6 nitrogen and oxygen atoms in total. The molecular weight excluding hydrogens is 234 g/mol. The summed E-state index contributed by atoms with van der Waals surface area (Å²) in [7, 11) is 3.42. The number of benzene rings is 1. The Balaban J connectivity index is 2.39. The van der Waals surface area contributed by atoms with Gasteiger partial charge in [0.1, 0.15) is 11.5 Å². The van der Waals surface area contributed by atoms with Crippen LogP contribution in [0.4, 0.5) is 5.95 Å². The molecule has 0 bridgehead atoms. The summed E-state index contributed by atoms with van der Waals surface area (Å²) in [4.78, 5) is 6.06. The Hall–Kier alpha value is -2.24. The molecule has 1 aromatic carbocycles. The second-order valence-corrected chi connectivity index (χ2v) is 3.80. The monoisotopic (exact) mass is 249 g/mol. The molecule has 0 aliphatic heterocycles. The van der Waals surface area contributed by atoms with Crippen molar-refractivity contribution in [1.82, 2.24) is 10.1 Å². The van der Waals surface area contributed by atoms with Crippen LogP contribution in [0.1, 0.15) is 6.92 Å². The summed E-state index contributed by atoms with van der Waals surface area (Å²) in [6, 6.07) is 4.84. The van der Waals surface area contributed by atoms with Crippen LogP contribution < -0.4 is 9.64 Å². The predicted molar refractivity (Wildman–Crippen MR) is 66.9 cm³/mol. The Morgan fingerprint density at radius 1 is 1.44 bits per heavy atom. The van der Waals surface area contributed by atoms with Gasteiger partial charge in [0.15, 0.2) is 0 Å². The number of phenols is 1. The minimum absolute atomic E-state index is 0.0742. The second kappa shape index (κ2) is 4.95. The molecule has 0 saturated heterocycles. The van der Waals surface area contributed by atoms with Crippen molar-refractivity contribution in [2.75, 3.05) is 25.6 Å². The molecule has 0 spiro atoms.